The van der Waals surface area contributed by atoms with Crippen molar-refractivity contribution in [3.05, 3.63) is 35.1 Å². The molecule has 17 heavy (non-hydrogen) atoms. The number of benzene rings is 1. The number of hydrogen-bond acceptors (Lipinski definition) is 2. The van der Waals surface area contributed by atoms with Crippen LogP contribution >= 0.6 is 0 Å². The first-order valence-electron chi connectivity index (χ1n) is 6.33. The van der Waals surface area contributed by atoms with Crippen molar-refractivity contribution in [1.29, 1.82) is 0 Å². The molecule has 1 saturated heterocycles. The zero-order valence-corrected chi connectivity index (χ0v) is 10.3. The summed E-state index contributed by atoms with van der Waals surface area (Å²) < 4.78 is 13.4. The maximum atomic E-state index is 13.4. The van der Waals surface area contributed by atoms with Crippen LogP contribution in [0.15, 0.2) is 18.2 Å². The average Bonchev–Trinajstić information content (AvgIpc) is 2.82. The molecule has 1 N–H and O–H groups in total. The molecule has 0 spiro atoms. The van der Waals surface area contributed by atoms with E-state index in [2.05, 4.69) is 4.90 Å². The van der Waals surface area contributed by atoms with Crippen molar-refractivity contribution >= 4 is 0 Å². The predicted molar refractivity (Wildman–Crippen MR) is 66.4 cm³/mol. The molecule has 1 aromatic rings. The fourth-order valence-corrected chi connectivity index (χ4v) is 2.29. The zero-order chi connectivity index (χ0) is 12.3. The van der Waals surface area contributed by atoms with E-state index >= 15 is 0 Å². The number of rotatable bonds is 4. The SMILES string of the molecule is Cc1ccc(C(O)CCN2CCCC2)cc1F. The van der Waals surface area contributed by atoms with E-state index in [0.29, 0.717) is 17.5 Å². The summed E-state index contributed by atoms with van der Waals surface area (Å²) in [5.74, 6) is -0.234. The van der Waals surface area contributed by atoms with Gasteiger partial charge in [0, 0.05) is 6.54 Å². The Hall–Kier alpha value is -0.930. The molecule has 1 aliphatic heterocycles. The fraction of sp³-hybridized carbons (Fsp3) is 0.571. The van der Waals surface area contributed by atoms with Gasteiger partial charge in [-0.2, -0.15) is 0 Å². The van der Waals surface area contributed by atoms with E-state index in [9.17, 15) is 9.50 Å². The lowest BCUT2D eigenvalue weighted by Crippen LogP contribution is -2.22. The van der Waals surface area contributed by atoms with E-state index < -0.39 is 6.10 Å². The van der Waals surface area contributed by atoms with Crippen LogP contribution in [0.5, 0.6) is 0 Å². The van der Waals surface area contributed by atoms with E-state index in [1.165, 1.54) is 18.9 Å². The maximum absolute atomic E-state index is 13.4. The monoisotopic (exact) mass is 237 g/mol. The minimum absolute atomic E-state index is 0.234. The van der Waals surface area contributed by atoms with Crippen LogP contribution in [0.25, 0.3) is 0 Å². The molecule has 1 fully saturated rings. The molecule has 2 nitrogen and oxygen atoms in total. The van der Waals surface area contributed by atoms with Gasteiger partial charge < -0.3 is 10.0 Å². The highest BCUT2D eigenvalue weighted by Crippen LogP contribution is 2.20. The van der Waals surface area contributed by atoms with Crippen LogP contribution in [0.4, 0.5) is 4.39 Å². The quantitative estimate of drug-likeness (QED) is 0.870. The minimum atomic E-state index is -0.550. The fourth-order valence-electron chi connectivity index (χ4n) is 2.29. The molecule has 1 atom stereocenters. The van der Waals surface area contributed by atoms with Gasteiger partial charge in [0.25, 0.3) is 0 Å². The second-order valence-electron chi connectivity index (χ2n) is 4.86. The van der Waals surface area contributed by atoms with Crippen molar-refractivity contribution in [3.8, 4) is 0 Å². The molecule has 0 amide bonds. The first kappa shape index (κ1) is 12.5. The molecule has 0 bridgehead atoms. The Morgan fingerprint density at radius 2 is 2.06 bits per heavy atom. The number of likely N-dealkylation sites (tertiary alicyclic amines) is 1. The Morgan fingerprint density at radius 1 is 1.35 bits per heavy atom. The third kappa shape index (κ3) is 3.27. The van der Waals surface area contributed by atoms with Crippen molar-refractivity contribution in [2.75, 3.05) is 19.6 Å². The van der Waals surface area contributed by atoms with Crippen LogP contribution in [-0.4, -0.2) is 29.6 Å². The third-order valence-electron chi connectivity index (χ3n) is 3.50. The van der Waals surface area contributed by atoms with Gasteiger partial charge in [0.2, 0.25) is 0 Å². The molecule has 1 aromatic carbocycles. The van der Waals surface area contributed by atoms with Gasteiger partial charge in [-0.15, -0.1) is 0 Å². The summed E-state index contributed by atoms with van der Waals surface area (Å²) in [5, 5.41) is 10.0. The van der Waals surface area contributed by atoms with Crippen molar-refractivity contribution in [3.63, 3.8) is 0 Å². The highest BCUT2D eigenvalue weighted by molar-refractivity contribution is 5.24. The van der Waals surface area contributed by atoms with Crippen LogP contribution in [0.1, 0.15) is 36.5 Å². The summed E-state index contributed by atoms with van der Waals surface area (Å²) >= 11 is 0. The lowest BCUT2D eigenvalue weighted by Gasteiger charge is -2.17. The second-order valence-corrected chi connectivity index (χ2v) is 4.86. The van der Waals surface area contributed by atoms with Crippen LogP contribution in [-0.2, 0) is 0 Å². The standard InChI is InChI=1S/C14H20FNO/c1-11-4-5-12(10-13(11)15)14(17)6-9-16-7-2-3-8-16/h4-5,10,14,17H,2-3,6-9H2,1H3. The smallest absolute Gasteiger partial charge is 0.126 e. The first-order chi connectivity index (χ1) is 8.16. The van der Waals surface area contributed by atoms with Gasteiger partial charge in [0.1, 0.15) is 5.82 Å². The van der Waals surface area contributed by atoms with Gasteiger partial charge >= 0.3 is 0 Å². The molecule has 0 radical (unpaired) electrons. The Morgan fingerprint density at radius 3 is 2.71 bits per heavy atom. The van der Waals surface area contributed by atoms with Crippen LogP contribution in [0.3, 0.4) is 0 Å². The van der Waals surface area contributed by atoms with Crippen LogP contribution < -0.4 is 0 Å². The Balaban J connectivity index is 1.89. The summed E-state index contributed by atoms with van der Waals surface area (Å²) in [4.78, 5) is 2.35. The first-order valence-corrected chi connectivity index (χ1v) is 6.33. The molecule has 2 rings (SSSR count). The van der Waals surface area contributed by atoms with E-state index in [4.69, 9.17) is 0 Å². The normalized spacial score (nSPS) is 18.5. The molecule has 1 aliphatic rings. The number of aliphatic hydroxyl groups is 1. The molecule has 3 heteroatoms. The Labute approximate surface area is 102 Å². The van der Waals surface area contributed by atoms with Gasteiger partial charge in [-0.1, -0.05) is 12.1 Å². The number of hydrogen-bond donors (Lipinski definition) is 1. The Kier molecular flexibility index (Phi) is 4.13. The molecule has 94 valence electrons. The summed E-state index contributed by atoms with van der Waals surface area (Å²) in [7, 11) is 0. The van der Waals surface area contributed by atoms with Gasteiger partial charge in [0.05, 0.1) is 6.10 Å². The number of halogens is 1. The van der Waals surface area contributed by atoms with E-state index in [0.717, 1.165) is 19.6 Å². The van der Waals surface area contributed by atoms with Crippen molar-refractivity contribution in [1.82, 2.24) is 4.90 Å². The third-order valence-corrected chi connectivity index (χ3v) is 3.50. The topological polar surface area (TPSA) is 23.5 Å². The highest BCUT2D eigenvalue weighted by Gasteiger charge is 2.15. The Bertz CT molecular complexity index is 374. The molecule has 0 aliphatic carbocycles. The molecule has 1 heterocycles. The van der Waals surface area contributed by atoms with Crippen molar-refractivity contribution < 1.29 is 9.50 Å². The summed E-state index contributed by atoms with van der Waals surface area (Å²) in [5.41, 5.74) is 1.31. The van der Waals surface area contributed by atoms with Crippen LogP contribution in [0, 0.1) is 12.7 Å². The van der Waals surface area contributed by atoms with Crippen molar-refractivity contribution in [2.45, 2.75) is 32.3 Å². The van der Waals surface area contributed by atoms with Gasteiger partial charge in [-0.25, -0.2) is 4.39 Å². The average molecular weight is 237 g/mol. The van der Waals surface area contributed by atoms with E-state index in [1.54, 1.807) is 13.0 Å². The molecular formula is C14H20FNO. The summed E-state index contributed by atoms with van der Waals surface area (Å²) in [6, 6.07) is 4.99. The highest BCUT2D eigenvalue weighted by atomic mass is 19.1. The largest absolute Gasteiger partial charge is 0.388 e. The second kappa shape index (κ2) is 5.61. The van der Waals surface area contributed by atoms with Gasteiger partial charge in [0.15, 0.2) is 0 Å². The number of aryl methyl sites for hydroxylation is 1. The summed E-state index contributed by atoms with van der Waals surface area (Å²) in [6.45, 7) is 4.90. The minimum Gasteiger partial charge on any atom is -0.388 e. The predicted octanol–water partition coefficient (Wildman–Crippen LogP) is 2.65. The van der Waals surface area contributed by atoms with E-state index in [1.807, 2.05) is 6.07 Å². The molecule has 0 saturated carbocycles. The molecule has 0 aromatic heterocycles. The number of aliphatic hydroxyl groups excluding tert-OH is 1. The maximum Gasteiger partial charge on any atom is 0.126 e. The van der Waals surface area contributed by atoms with Crippen LogP contribution in [0.2, 0.25) is 0 Å². The summed E-state index contributed by atoms with van der Waals surface area (Å²) in [6.07, 6.45) is 2.65. The lowest BCUT2D eigenvalue weighted by atomic mass is 10.0. The van der Waals surface area contributed by atoms with Gasteiger partial charge in [-0.3, -0.25) is 0 Å². The van der Waals surface area contributed by atoms with E-state index in [-0.39, 0.29) is 5.82 Å². The molecule has 1 unspecified atom stereocenters. The zero-order valence-electron chi connectivity index (χ0n) is 10.3. The lowest BCUT2D eigenvalue weighted by molar-refractivity contribution is 0.148. The van der Waals surface area contributed by atoms with Crippen molar-refractivity contribution in [2.24, 2.45) is 0 Å². The molecular weight excluding hydrogens is 217 g/mol. The number of nitrogens with zero attached hydrogens (tertiary/aromatic N) is 1. The van der Waals surface area contributed by atoms with Gasteiger partial charge in [-0.05, 0) is 56.5 Å².